The first kappa shape index (κ1) is 15.4. The minimum atomic E-state index is 0.153. The third-order valence-electron chi connectivity index (χ3n) is 5.38. The first-order chi connectivity index (χ1) is 11.8. The lowest BCUT2D eigenvalue weighted by atomic mass is 9.87. The number of amides is 1. The molecular weight excluding hydrogens is 298 g/mol. The highest BCUT2D eigenvalue weighted by Gasteiger charge is 2.18. The third kappa shape index (κ3) is 3.23. The molecule has 0 radical (unpaired) electrons. The summed E-state index contributed by atoms with van der Waals surface area (Å²) >= 11 is 0. The third-order valence-corrected chi connectivity index (χ3v) is 5.38. The van der Waals surface area contributed by atoms with Crippen LogP contribution in [-0.2, 0) is 17.8 Å². The van der Waals surface area contributed by atoms with E-state index < -0.39 is 0 Å². The van der Waals surface area contributed by atoms with Crippen LogP contribution in [0, 0.1) is 5.92 Å². The summed E-state index contributed by atoms with van der Waals surface area (Å²) in [5, 5.41) is 3.05. The second-order valence-corrected chi connectivity index (χ2v) is 7.15. The number of rotatable bonds is 4. The Labute approximate surface area is 143 Å². The van der Waals surface area contributed by atoms with Crippen LogP contribution in [0.4, 0.5) is 5.69 Å². The molecule has 126 valence electrons. The van der Waals surface area contributed by atoms with E-state index in [1.807, 2.05) is 18.3 Å². The summed E-state index contributed by atoms with van der Waals surface area (Å²) in [5.41, 5.74) is 3.24. The number of benzene rings is 1. The number of hydrogen-bond donors (Lipinski definition) is 1. The van der Waals surface area contributed by atoms with Gasteiger partial charge in [-0.05, 0) is 42.9 Å². The van der Waals surface area contributed by atoms with Crippen molar-refractivity contribution in [2.45, 2.75) is 57.9 Å². The summed E-state index contributed by atoms with van der Waals surface area (Å²) in [7, 11) is 0. The number of carbonyl (C=O) groups is 1. The minimum absolute atomic E-state index is 0.153. The largest absolute Gasteiger partial charge is 0.328 e. The molecule has 0 unspecified atom stereocenters. The lowest BCUT2D eigenvalue weighted by Gasteiger charge is -2.20. The van der Waals surface area contributed by atoms with Crippen molar-refractivity contribution in [1.82, 2.24) is 9.55 Å². The first-order valence-corrected chi connectivity index (χ1v) is 9.24. The molecule has 2 heterocycles. The standard InChI is InChI=1S/C20H25N3O/c24-20(13-15-5-2-1-3-6-15)22-17-10-8-16(9-11-17)18-14-21-19-7-4-12-23(18)19/h8-11,14-15H,1-7,12-13H2,(H,22,24). The topological polar surface area (TPSA) is 46.9 Å². The zero-order chi connectivity index (χ0) is 16.4. The summed E-state index contributed by atoms with van der Waals surface area (Å²) in [6.07, 6.45) is 11.2. The van der Waals surface area contributed by atoms with Crippen LogP contribution in [0.15, 0.2) is 30.5 Å². The Balaban J connectivity index is 1.39. The molecule has 0 spiro atoms. The highest BCUT2D eigenvalue weighted by Crippen LogP contribution is 2.28. The number of hydrogen-bond acceptors (Lipinski definition) is 2. The van der Waals surface area contributed by atoms with Gasteiger partial charge in [0.25, 0.3) is 0 Å². The Kier molecular flexibility index (Phi) is 4.37. The Morgan fingerprint density at radius 3 is 2.71 bits per heavy atom. The average molecular weight is 323 g/mol. The molecule has 2 aliphatic rings. The molecule has 24 heavy (non-hydrogen) atoms. The van der Waals surface area contributed by atoms with E-state index in [0.717, 1.165) is 18.7 Å². The summed E-state index contributed by atoms with van der Waals surface area (Å²) in [6, 6.07) is 8.17. The van der Waals surface area contributed by atoms with Gasteiger partial charge in [0.15, 0.2) is 0 Å². The van der Waals surface area contributed by atoms with Gasteiger partial charge in [0, 0.05) is 25.1 Å². The molecule has 0 saturated heterocycles. The van der Waals surface area contributed by atoms with Gasteiger partial charge in [-0.15, -0.1) is 0 Å². The lowest BCUT2D eigenvalue weighted by molar-refractivity contribution is -0.117. The Hall–Kier alpha value is -2.10. The van der Waals surface area contributed by atoms with Crippen LogP contribution in [-0.4, -0.2) is 15.5 Å². The van der Waals surface area contributed by atoms with Crippen molar-refractivity contribution in [3.05, 3.63) is 36.3 Å². The van der Waals surface area contributed by atoms with Gasteiger partial charge in [-0.1, -0.05) is 31.4 Å². The predicted molar refractivity (Wildman–Crippen MR) is 95.8 cm³/mol. The van der Waals surface area contributed by atoms with Gasteiger partial charge in [0.1, 0.15) is 5.82 Å². The summed E-state index contributed by atoms with van der Waals surface area (Å²) in [6.45, 7) is 1.06. The van der Waals surface area contributed by atoms with E-state index in [1.165, 1.54) is 55.6 Å². The first-order valence-electron chi connectivity index (χ1n) is 9.24. The smallest absolute Gasteiger partial charge is 0.224 e. The van der Waals surface area contributed by atoms with Gasteiger partial charge >= 0.3 is 0 Å². The van der Waals surface area contributed by atoms with E-state index in [2.05, 4.69) is 27.0 Å². The monoisotopic (exact) mass is 323 g/mol. The number of nitrogens with zero attached hydrogens (tertiary/aromatic N) is 2. The van der Waals surface area contributed by atoms with E-state index in [9.17, 15) is 4.79 Å². The van der Waals surface area contributed by atoms with Gasteiger partial charge in [-0.2, -0.15) is 0 Å². The molecular formula is C20H25N3O. The van der Waals surface area contributed by atoms with Crippen molar-refractivity contribution in [3.63, 3.8) is 0 Å². The maximum Gasteiger partial charge on any atom is 0.224 e. The minimum Gasteiger partial charge on any atom is -0.328 e. The van der Waals surface area contributed by atoms with Crippen LogP contribution in [0.5, 0.6) is 0 Å². The van der Waals surface area contributed by atoms with Gasteiger partial charge in [0.05, 0.1) is 11.9 Å². The molecule has 1 aliphatic heterocycles. The van der Waals surface area contributed by atoms with Crippen LogP contribution in [0.1, 0.15) is 50.8 Å². The van der Waals surface area contributed by atoms with Crippen molar-refractivity contribution >= 4 is 11.6 Å². The highest BCUT2D eigenvalue weighted by atomic mass is 16.1. The van der Waals surface area contributed by atoms with Crippen molar-refractivity contribution < 1.29 is 4.79 Å². The van der Waals surface area contributed by atoms with Crippen LogP contribution >= 0.6 is 0 Å². The number of aryl methyl sites for hydroxylation is 1. The number of imidazole rings is 1. The summed E-state index contributed by atoms with van der Waals surface area (Å²) in [4.78, 5) is 16.7. The molecule has 1 saturated carbocycles. The van der Waals surface area contributed by atoms with Crippen molar-refractivity contribution in [3.8, 4) is 11.3 Å². The second-order valence-electron chi connectivity index (χ2n) is 7.15. The molecule has 1 aliphatic carbocycles. The number of nitrogens with one attached hydrogen (secondary N) is 1. The van der Waals surface area contributed by atoms with Gasteiger partial charge in [-0.25, -0.2) is 4.98 Å². The number of fused-ring (bicyclic) bond motifs is 1. The fraction of sp³-hybridized carbons (Fsp3) is 0.500. The zero-order valence-electron chi connectivity index (χ0n) is 14.1. The molecule has 4 nitrogen and oxygen atoms in total. The Morgan fingerprint density at radius 2 is 1.92 bits per heavy atom. The quantitative estimate of drug-likeness (QED) is 0.906. The lowest BCUT2D eigenvalue weighted by Crippen LogP contribution is -2.18. The fourth-order valence-corrected chi connectivity index (χ4v) is 4.08. The predicted octanol–water partition coefficient (Wildman–Crippen LogP) is 4.41. The van der Waals surface area contributed by atoms with Crippen LogP contribution in [0.25, 0.3) is 11.3 Å². The van der Waals surface area contributed by atoms with E-state index in [1.54, 1.807) is 0 Å². The zero-order valence-corrected chi connectivity index (χ0v) is 14.1. The number of aromatic nitrogens is 2. The number of carbonyl (C=O) groups excluding carboxylic acids is 1. The Bertz CT molecular complexity index is 711. The SMILES string of the molecule is O=C(CC1CCCCC1)Nc1ccc(-c2cnc3n2CCC3)cc1. The highest BCUT2D eigenvalue weighted by molar-refractivity contribution is 5.91. The van der Waals surface area contributed by atoms with Gasteiger partial charge < -0.3 is 9.88 Å². The molecule has 1 aromatic heterocycles. The fourth-order valence-electron chi connectivity index (χ4n) is 4.08. The number of anilines is 1. The maximum atomic E-state index is 12.2. The van der Waals surface area contributed by atoms with Crippen molar-refractivity contribution in [2.75, 3.05) is 5.32 Å². The second kappa shape index (κ2) is 6.80. The molecule has 2 aromatic rings. The van der Waals surface area contributed by atoms with Crippen LogP contribution in [0.2, 0.25) is 0 Å². The van der Waals surface area contributed by atoms with Gasteiger partial charge in [-0.3, -0.25) is 4.79 Å². The normalized spacial score (nSPS) is 17.7. The molecule has 0 atom stereocenters. The molecule has 0 bridgehead atoms. The molecule has 4 heteroatoms. The molecule has 1 N–H and O–H groups in total. The van der Waals surface area contributed by atoms with Gasteiger partial charge in [0.2, 0.25) is 5.91 Å². The Morgan fingerprint density at radius 1 is 1.12 bits per heavy atom. The summed E-state index contributed by atoms with van der Waals surface area (Å²) in [5.74, 6) is 1.92. The van der Waals surface area contributed by atoms with E-state index in [-0.39, 0.29) is 5.91 Å². The molecule has 4 rings (SSSR count). The average Bonchev–Trinajstić information content (AvgIpc) is 3.20. The van der Waals surface area contributed by atoms with Crippen LogP contribution < -0.4 is 5.32 Å². The van der Waals surface area contributed by atoms with E-state index in [4.69, 9.17) is 0 Å². The summed E-state index contributed by atoms with van der Waals surface area (Å²) < 4.78 is 2.30. The molecule has 1 fully saturated rings. The van der Waals surface area contributed by atoms with Crippen LogP contribution in [0.3, 0.4) is 0 Å². The molecule has 1 aromatic carbocycles. The maximum absolute atomic E-state index is 12.2. The van der Waals surface area contributed by atoms with E-state index >= 15 is 0 Å². The molecule has 1 amide bonds. The van der Waals surface area contributed by atoms with Crippen molar-refractivity contribution in [2.24, 2.45) is 5.92 Å². The van der Waals surface area contributed by atoms with Crippen molar-refractivity contribution in [1.29, 1.82) is 0 Å². The van der Waals surface area contributed by atoms with E-state index in [0.29, 0.717) is 12.3 Å².